The van der Waals surface area contributed by atoms with Gasteiger partial charge in [0.05, 0.1) is 5.69 Å². The lowest BCUT2D eigenvalue weighted by Crippen LogP contribution is -1.96. The van der Waals surface area contributed by atoms with Gasteiger partial charge in [0.15, 0.2) is 5.13 Å². The molecule has 2 aromatic heterocycles. The molecule has 0 bridgehead atoms. The van der Waals surface area contributed by atoms with Crippen LogP contribution in [0.3, 0.4) is 0 Å². The first kappa shape index (κ1) is 13.0. The molecule has 0 radical (unpaired) electrons. The minimum Gasteiger partial charge on any atom is -0.316 e. The summed E-state index contributed by atoms with van der Waals surface area (Å²) in [6, 6.07) is 11.9. The number of anilines is 2. The Morgan fingerprint density at radius 2 is 1.90 bits per heavy atom. The van der Waals surface area contributed by atoms with E-state index in [2.05, 4.69) is 20.3 Å². The second-order valence-electron chi connectivity index (χ2n) is 4.19. The number of nitrogens with one attached hydrogen (secondary N) is 1. The van der Waals surface area contributed by atoms with E-state index in [9.17, 15) is 0 Å². The van der Waals surface area contributed by atoms with Crippen LogP contribution in [0, 0.1) is 6.92 Å². The second kappa shape index (κ2) is 5.56. The molecular formula is C14H11ClN4S. The van der Waals surface area contributed by atoms with Gasteiger partial charge in [-0.1, -0.05) is 30.3 Å². The topological polar surface area (TPSA) is 50.7 Å². The van der Waals surface area contributed by atoms with Crippen LogP contribution in [0.4, 0.5) is 10.9 Å². The van der Waals surface area contributed by atoms with Crippen LogP contribution >= 0.6 is 22.9 Å². The number of hydrogen-bond acceptors (Lipinski definition) is 5. The molecule has 100 valence electrons. The summed E-state index contributed by atoms with van der Waals surface area (Å²) in [5.74, 6) is 0.650. The van der Waals surface area contributed by atoms with Crippen molar-refractivity contribution in [2.45, 2.75) is 6.92 Å². The minimum atomic E-state index is 0.229. The van der Waals surface area contributed by atoms with Crippen molar-refractivity contribution in [3.05, 3.63) is 52.8 Å². The molecule has 6 heteroatoms. The van der Waals surface area contributed by atoms with Crippen molar-refractivity contribution in [3.8, 4) is 11.3 Å². The third-order valence-electron chi connectivity index (χ3n) is 2.64. The molecule has 3 rings (SSSR count). The first-order chi connectivity index (χ1) is 9.70. The Bertz CT molecular complexity index is 707. The molecule has 4 nitrogen and oxygen atoms in total. The highest BCUT2D eigenvalue weighted by Crippen LogP contribution is 2.26. The number of benzene rings is 1. The van der Waals surface area contributed by atoms with Crippen molar-refractivity contribution in [1.82, 2.24) is 15.0 Å². The van der Waals surface area contributed by atoms with Crippen LogP contribution < -0.4 is 5.32 Å². The predicted octanol–water partition coefficient (Wildman–Crippen LogP) is 4.31. The van der Waals surface area contributed by atoms with Crippen LogP contribution in [0.1, 0.15) is 5.69 Å². The molecule has 0 saturated carbocycles. The zero-order valence-electron chi connectivity index (χ0n) is 10.7. The quantitative estimate of drug-likeness (QED) is 0.733. The number of aromatic nitrogens is 3. The summed E-state index contributed by atoms with van der Waals surface area (Å²) in [5, 5.41) is 6.16. The van der Waals surface area contributed by atoms with Gasteiger partial charge in [-0.2, -0.15) is 0 Å². The number of aryl methyl sites for hydroxylation is 1. The molecule has 0 spiro atoms. The van der Waals surface area contributed by atoms with E-state index < -0.39 is 0 Å². The van der Waals surface area contributed by atoms with Gasteiger partial charge in [0, 0.05) is 22.7 Å². The van der Waals surface area contributed by atoms with Crippen LogP contribution in [0.25, 0.3) is 11.3 Å². The first-order valence-electron chi connectivity index (χ1n) is 6.00. The van der Waals surface area contributed by atoms with E-state index in [1.54, 1.807) is 0 Å². The van der Waals surface area contributed by atoms with Gasteiger partial charge in [-0.15, -0.1) is 11.3 Å². The molecule has 0 aliphatic carbocycles. The van der Waals surface area contributed by atoms with Crippen molar-refractivity contribution in [2.75, 3.05) is 5.32 Å². The fraction of sp³-hybridized carbons (Fsp3) is 0.0714. The van der Waals surface area contributed by atoms with Crippen molar-refractivity contribution in [2.24, 2.45) is 0 Å². The second-order valence-corrected chi connectivity index (χ2v) is 5.39. The van der Waals surface area contributed by atoms with Gasteiger partial charge < -0.3 is 5.32 Å². The summed E-state index contributed by atoms with van der Waals surface area (Å²) in [4.78, 5) is 12.7. The van der Waals surface area contributed by atoms with E-state index in [0.29, 0.717) is 5.82 Å². The largest absolute Gasteiger partial charge is 0.316 e. The highest BCUT2D eigenvalue weighted by molar-refractivity contribution is 7.14. The van der Waals surface area contributed by atoms with Gasteiger partial charge in [-0.05, 0) is 18.5 Å². The van der Waals surface area contributed by atoms with E-state index in [1.165, 1.54) is 11.3 Å². The molecule has 2 heterocycles. The maximum absolute atomic E-state index is 5.84. The Morgan fingerprint density at radius 1 is 1.10 bits per heavy atom. The molecule has 1 aromatic carbocycles. The summed E-state index contributed by atoms with van der Waals surface area (Å²) in [7, 11) is 0. The maximum Gasteiger partial charge on any atom is 0.224 e. The third kappa shape index (κ3) is 2.95. The number of halogens is 1. The monoisotopic (exact) mass is 302 g/mol. The van der Waals surface area contributed by atoms with Gasteiger partial charge in [0.1, 0.15) is 5.82 Å². The molecule has 0 unspecified atom stereocenters. The van der Waals surface area contributed by atoms with E-state index in [1.807, 2.05) is 48.7 Å². The van der Waals surface area contributed by atoms with Crippen LogP contribution in [-0.2, 0) is 0 Å². The summed E-state index contributed by atoms with van der Waals surface area (Å²) < 4.78 is 0. The zero-order chi connectivity index (χ0) is 13.9. The first-order valence-corrected chi connectivity index (χ1v) is 7.25. The van der Waals surface area contributed by atoms with E-state index >= 15 is 0 Å². The number of thiazole rings is 1. The highest BCUT2D eigenvalue weighted by atomic mass is 35.5. The van der Waals surface area contributed by atoms with Crippen molar-refractivity contribution < 1.29 is 0 Å². The predicted molar refractivity (Wildman–Crippen MR) is 82.6 cm³/mol. The standard InChI is InChI=1S/C14H11ClN4S/c1-9-7-12(18-13(15)16-9)19-14-17-11(8-20-14)10-5-3-2-4-6-10/h2-8H,1H3,(H,16,17,18,19). The van der Waals surface area contributed by atoms with Crippen LogP contribution in [0.15, 0.2) is 41.8 Å². The minimum absolute atomic E-state index is 0.229. The molecule has 0 atom stereocenters. The summed E-state index contributed by atoms with van der Waals surface area (Å²) >= 11 is 7.36. The Morgan fingerprint density at radius 3 is 2.65 bits per heavy atom. The normalized spacial score (nSPS) is 10.5. The lowest BCUT2D eigenvalue weighted by molar-refractivity contribution is 1.10. The smallest absolute Gasteiger partial charge is 0.224 e. The zero-order valence-corrected chi connectivity index (χ0v) is 12.2. The van der Waals surface area contributed by atoms with Crippen LogP contribution in [0.5, 0.6) is 0 Å². The Hall–Kier alpha value is -1.98. The molecule has 3 aromatic rings. The van der Waals surface area contributed by atoms with Gasteiger partial charge in [0.2, 0.25) is 5.28 Å². The Labute approximate surface area is 125 Å². The lowest BCUT2D eigenvalue weighted by Gasteiger charge is -2.02. The van der Waals surface area contributed by atoms with E-state index in [-0.39, 0.29) is 5.28 Å². The van der Waals surface area contributed by atoms with Crippen molar-refractivity contribution >= 4 is 33.9 Å². The fourth-order valence-electron chi connectivity index (χ4n) is 1.78. The van der Waals surface area contributed by atoms with Crippen LogP contribution in [0.2, 0.25) is 5.28 Å². The van der Waals surface area contributed by atoms with Gasteiger partial charge in [0.25, 0.3) is 0 Å². The van der Waals surface area contributed by atoms with Gasteiger partial charge in [-0.3, -0.25) is 0 Å². The summed E-state index contributed by atoms with van der Waals surface area (Å²) in [5.41, 5.74) is 2.84. The molecule has 0 fully saturated rings. The lowest BCUT2D eigenvalue weighted by atomic mass is 10.2. The van der Waals surface area contributed by atoms with Gasteiger partial charge in [-0.25, -0.2) is 15.0 Å². The molecule has 20 heavy (non-hydrogen) atoms. The summed E-state index contributed by atoms with van der Waals surface area (Å²) in [6.07, 6.45) is 0. The number of nitrogens with zero attached hydrogens (tertiary/aromatic N) is 3. The van der Waals surface area contributed by atoms with Crippen molar-refractivity contribution in [1.29, 1.82) is 0 Å². The Balaban J connectivity index is 1.84. The Kier molecular flexibility index (Phi) is 3.62. The van der Waals surface area contributed by atoms with Crippen molar-refractivity contribution in [3.63, 3.8) is 0 Å². The number of hydrogen-bond donors (Lipinski definition) is 1. The van der Waals surface area contributed by atoms with E-state index in [0.717, 1.165) is 22.1 Å². The SMILES string of the molecule is Cc1cc(Nc2nc(-c3ccccc3)cs2)nc(Cl)n1. The maximum atomic E-state index is 5.84. The van der Waals surface area contributed by atoms with Crippen LogP contribution in [-0.4, -0.2) is 15.0 Å². The molecule has 0 aliphatic heterocycles. The molecule has 0 saturated heterocycles. The molecule has 1 N–H and O–H groups in total. The number of rotatable bonds is 3. The molecular weight excluding hydrogens is 292 g/mol. The average molecular weight is 303 g/mol. The molecule has 0 aliphatic rings. The van der Waals surface area contributed by atoms with Gasteiger partial charge >= 0.3 is 0 Å². The third-order valence-corrected chi connectivity index (χ3v) is 3.56. The average Bonchev–Trinajstić information content (AvgIpc) is 2.87. The molecule has 0 amide bonds. The summed E-state index contributed by atoms with van der Waals surface area (Å²) in [6.45, 7) is 1.87. The highest BCUT2D eigenvalue weighted by Gasteiger charge is 2.06. The fourth-order valence-corrected chi connectivity index (χ4v) is 2.73. The van der Waals surface area contributed by atoms with E-state index in [4.69, 9.17) is 11.6 Å².